The molecule has 0 spiro atoms. The Bertz CT molecular complexity index is 410. The Morgan fingerprint density at radius 3 is 2.44 bits per heavy atom. The van der Waals surface area contributed by atoms with Crippen LogP contribution in [-0.2, 0) is 11.2 Å². The molecule has 0 aliphatic carbocycles. The Morgan fingerprint density at radius 1 is 1.25 bits per heavy atom. The van der Waals surface area contributed by atoms with Crippen molar-refractivity contribution in [1.29, 1.82) is 0 Å². The average Bonchev–Trinajstić information content (AvgIpc) is 2.22. The van der Waals surface area contributed by atoms with Crippen LogP contribution >= 0.6 is 0 Å². The van der Waals surface area contributed by atoms with Gasteiger partial charge in [0.15, 0.2) is 11.5 Å². The third-order valence-electron chi connectivity index (χ3n) is 2.79. The molecule has 4 heteroatoms. The van der Waals surface area contributed by atoms with Crippen molar-refractivity contribution in [3.05, 3.63) is 22.8 Å². The van der Waals surface area contributed by atoms with Crippen molar-refractivity contribution < 1.29 is 20.1 Å². The molecule has 16 heavy (non-hydrogen) atoms. The maximum absolute atomic E-state index is 10.4. The average molecular weight is 224 g/mol. The molecule has 88 valence electrons. The van der Waals surface area contributed by atoms with Gasteiger partial charge in [-0.1, -0.05) is 0 Å². The minimum atomic E-state index is -0.822. The minimum Gasteiger partial charge on any atom is -0.504 e. The van der Waals surface area contributed by atoms with Gasteiger partial charge >= 0.3 is 5.97 Å². The molecule has 0 bridgehead atoms. The first-order chi connectivity index (χ1) is 7.43. The summed E-state index contributed by atoms with van der Waals surface area (Å²) < 4.78 is 0. The second-order valence-corrected chi connectivity index (χ2v) is 3.90. The molecule has 1 rings (SSSR count). The number of aromatic hydroxyl groups is 2. The highest BCUT2D eigenvalue weighted by molar-refractivity contribution is 5.66. The Labute approximate surface area is 94.2 Å². The SMILES string of the molecule is Cc1c(CCCC(=O)O)cc(O)c(O)c1C. The Hall–Kier alpha value is -1.71. The number of rotatable bonds is 4. The molecule has 0 heterocycles. The van der Waals surface area contributed by atoms with Gasteiger partial charge in [0.05, 0.1) is 0 Å². The quantitative estimate of drug-likeness (QED) is 0.684. The fourth-order valence-corrected chi connectivity index (χ4v) is 1.64. The first kappa shape index (κ1) is 12.4. The van der Waals surface area contributed by atoms with Crippen LogP contribution < -0.4 is 0 Å². The predicted molar refractivity (Wildman–Crippen MR) is 59.8 cm³/mol. The molecule has 0 radical (unpaired) electrons. The van der Waals surface area contributed by atoms with Crippen LogP contribution in [0.3, 0.4) is 0 Å². The number of aryl methyl sites for hydroxylation is 1. The zero-order chi connectivity index (χ0) is 12.3. The van der Waals surface area contributed by atoms with E-state index in [1.165, 1.54) is 6.07 Å². The van der Waals surface area contributed by atoms with E-state index in [1.54, 1.807) is 6.92 Å². The number of carboxylic acids is 1. The molecule has 0 saturated heterocycles. The lowest BCUT2D eigenvalue weighted by molar-refractivity contribution is -0.137. The van der Waals surface area contributed by atoms with Crippen molar-refractivity contribution in [3.63, 3.8) is 0 Å². The topological polar surface area (TPSA) is 77.8 Å². The number of phenolic OH excluding ortho intramolecular Hbond substituents is 2. The van der Waals surface area contributed by atoms with Gasteiger partial charge in [-0.2, -0.15) is 0 Å². The van der Waals surface area contributed by atoms with Gasteiger partial charge in [0.25, 0.3) is 0 Å². The van der Waals surface area contributed by atoms with E-state index >= 15 is 0 Å². The van der Waals surface area contributed by atoms with E-state index in [-0.39, 0.29) is 17.9 Å². The third kappa shape index (κ3) is 2.66. The third-order valence-corrected chi connectivity index (χ3v) is 2.79. The minimum absolute atomic E-state index is 0.0977. The monoisotopic (exact) mass is 224 g/mol. The lowest BCUT2D eigenvalue weighted by Crippen LogP contribution is -1.98. The molecule has 0 amide bonds. The molecule has 0 saturated carbocycles. The van der Waals surface area contributed by atoms with Crippen LogP contribution in [0.2, 0.25) is 0 Å². The molecule has 0 aliphatic heterocycles. The van der Waals surface area contributed by atoms with Crippen LogP contribution in [0.4, 0.5) is 0 Å². The summed E-state index contributed by atoms with van der Waals surface area (Å²) in [7, 11) is 0. The van der Waals surface area contributed by atoms with Crippen molar-refractivity contribution in [2.24, 2.45) is 0 Å². The van der Waals surface area contributed by atoms with Crippen LogP contribution in [0, 0.1) is 13.8 Å². The van der Waals surface area contributed by atoms with Crippen molar-refractivity contribution >= 4 is 5.97 Å². The molecule has 0 aliphatic rings. The van der Waals surface area contributed by atoms with Gasteiger partial charge in [0.1, 0.15) is 0 Å². The summed E-state index contributed by atoms with van der Waals surface area (Å²) in [5.41, 5.74) is 2.43. The number of benzene rings is 1. The number of carboxylic acid groups (broad SMARTS) is 1. The molecule has 4 nitrogen and oxygen atoms in total. The second kappa shape index (κ2) is 4.88. The Kier molecular flexibility index (Phi) is 3.77. The highest BCUT2D eigenvalue weighted by Crippen LogP contribution is 2.33. The fraction of sp³-hybridized carbons (Fsp3) is 0.417. The van der Waals surface area contributed by atoms with Crippen LogP contribution in [0.15, 0.2) is 6.07 Å². The van der Waals surface area contributed by atoms with Crippen molar-refractivity contribution in [1.82, 2.24) is 0 Å². The predicted octanol–water partition coefficient (Wildman–Crippen LogP) is 2.12. The summed E-state index contributed by atoms with van der Waals surface area (Å²) in [6, 6.07) is 1.50. The zero-order valence-corrected chi connectivity index (χ0v) is 9.45. The zero-order valence-electron chi connectivity index (χ0n) is 9.45. The van der Waals surface area contributed by atoms with Gasteiger partial charge in [-0.05, 0) is 49.4 Å². The molecule has 3 N–H and O–H groups in total. The fourth-order valence-electron chi connectivity index (χ4n) is 1.64. The second-order valence-electron chi connectivity index (χ2n) is 3.90. The molecule has 0 unspecified atom stereocenters. The van der Waals surface area contributed by atoms with Gasteiger partial charge < -0.3 is 15.3 Å². The smallest absolute Gasteiger partial charge is 0.303 e. The summed E-state index contributed by atoms with van der Waals surface area (Å²) in [6.45, 7) is 3.58. The number of phenols is 2. The summed E-state index contributed by atoms with van der Waals surface area (Å²) in [6.07, 6.45) is 1.23. The highest BCUT2D eigenvalue weighted by atomic mass is 16.4. The summed E-state index contributed by atoms with van der Waals surface area (Å²) >= 11 is 0. The number of hydrogen-bond acceptors (Lipinski definition) is 3. The van der Waals surface area contributed by atoms with Gasteiger partial charge in [-0.15, -0.1) is 0 Å². The normalized spacial score (nSPS) is 10.4. The largest absolute Gasteiger partial charge is 0.504 e. The standard InChI is InChI=1S/C12H16O4/c1-7-8(2)12(16)10(13)6-9(7)4-3-5-11(14)15/h6,13,16H,3-5H2,1-2H3,(H,14,15). The van der Waals surface area contributed by atoms with Crippen LogP contribution in [0.5, 0.6) is 11.5 Å². The van der Waals surface area contributed by atoms with E-state index in [0.717, 1.165) is 11.1 Å². The summed E-state index contributed by atoms with van der Waals surface area (Å²) in [4.78, 5) is 10.4. The molecule has 1 aromatic rings. The summed E-state index contributed by atoms with van der Waals surface area (Å²) in [5.74, 6) is -1.06. The van der Waals surface area contributed by atoms with E-state index in [9.17, 15) is 15.0 Å². The van der Waals surface area contributed by atoms with Crippen LogP contribution in [0.25, 0.3) is 0 Å². The number of aliphatic carboxylic acids is 1. The van der Waals surface area contributed by atoms with E-state index in [4.69, 9.17) is 5.11 Å². The van der Waals surface area contributed by atoms with Gasteiger partial charge in [-0.3, -0.25) is 4.79 Å². The van der Waals surface area contributed by atoms with Crippen molar-refractivity contribution in [2.45, 2.75) is 33.1 Å². The molecular weight excluding hydrogens is 208 g/mol. The van der Waals surface area contributed by atoms with Crippen molar-refractivity contribution in [2.75, 3.05) is 0 Å². The first-order valence-corrected chi connectivity index (χ1v) is 5.16. The number of carbonyl (C=O) groups is 1. The maximum Gasteiger partial charge on any atom is 0.303 e. The lowest BCUT2D eigenvalue weighted by atomic mass is 9.97. The highest BCUT2D eigenvalue weighted by Gasteiger charge is 2.11. The molecule has 0 atom stereocenters. The molecule has 0 fully saturated rings. The van der Waals surface area contributed by atoms with Crippen LogP contribution in [-0.4, -0.2) is 21.3 Å². The Balaban J connectivity index is 2.85. The molecule has 0 aromatic heterocycles. The van der Waals surface area contributed by atoms with Gasteiger partial charge in [0, 0.05) is 6.42 Å². The van der Waals surface area contributed by atoms with E-state index in [2.05, 4.69) is 0 Å². The van der Waals surface area contributed by atoms with Gasteiger partial charge in [0.2, 0.25) is 0 Å². The maximum atomic E-state index is 10.4. The van der Waals surface area contributed by atoms with E-state index in [1.807, 2.05) is 6.92 Å². The van der Waals surface area contributed by atoms with Gasteiger partial charge in [-0.25, -0.2) is 0 Å². The van der Waals surface area contributed by atoms with E-state index < -0.39 is 5.97 Å². The first-order valence-electron chi connectivity index (χ1n) is 5.16. The Morgan fingerprint density at radius 2 is 1.88 bits per heavy atom. The lowest BCUT2D eigenvalue weighted by Gasteiger charge is -2.11. The van der Waals surface area contributed by atoms with Crippen LogP contribution in [0.1, 0.15) is 29.5 Å². The molecule has 1 aromatic carbocycles. The molecular formula is C12H16O4. The van der Waals surface area contributed by atoms with E-state index in [0.29, 0.717) is 18.4 Å². The number of hydrogen-bond donors (Lipinski definition) is 3. The summed E-state index contributed by atoms with van der Waals surface area (Å²) in [5, 5.41) is 27.5. The van der Waals surface area contributed by atoms with Crippen molar-refractivity contribution in [3.8, 4) is 11.5 Å².